The number of ether oxygens (including phenoxy) is 1. The zero-order valence-electron chi connectivity index (χ0n) is 16.3. The molecular weight excluding hydrogens is 372 g/mol. The number of amides is 1. The molecule has 0 atom stereocenters. The molecule has 1 fully saturated rings. The van der Waals surface area contributed by atoms with Gasteiger partial charge in [0.15, 0.2) is 5.11 Å². The number of carbonyl (C=O) groups is 1. The number of benzene rings is 2. The molecule has 0 unspecified atom stereocenters. The van der Waals surface area contributed by atoms with Crippen molar-refractivity contribution >= 4 is 34.6 Å². The highest BCUT2D eigenvalue weighted by atomic mass is 32.1. The number of likely N-dealkylation sites (N-methyl/N-ethyl adjacent to an activating group) is 1. The van der Waals surface area contributed by atoms with E-state index in [4.69, 9.17) is 17.0 Å². The highest BCUT2D eigenvalue weighted by Crippen LogP contribution is 2.19. The number of nitrogens with zero attached hydrogens (tertiary/aromatic N) is 2. The predicted octanol–water partition coefficient (Wildman–Crippen LogP) is 2.96. The van der Waals surface area contributed by atoms with Gasteiger partial charge in [-0.1, -0.05) is 0 Å². The van der Waals surface area contributed by atoms with Crippen LogP contribution in [-0.4, -0.2) is 55.8 Å². The summed E-state index contributed by atoms with van der Waals surface area (Å²) in [5, 5.41) is 6.03. The second kappa shape index (κ2) is 9.52. The fourth-order valence-corrected chi connectivity index (χ4v) is 3.24. The van der Waals surface area contributed by atoms with Gasteiger partial charge in [-0.05, 0) is 74.7 Å². The van der Waals surface area contributed by atoms with Crippen LogP contribution < -0.4 is 20.3 Å². The van der Waals surface area contributed by atoms with Gasteiger partial charge in [0, 0.05) is 43.1 Å². The Balaban J connectivity index is 1.52. The van der Waals surface area contributed by atoms with Gasteiger partial charge in [0.25, 0.3) is 5.91 Å². The van der Waals surface area contributed by atoms with E-state index in [0.29, 0.717) is 12.2 Å². The third-order valence-electron chi connectivity index (χ3n) is 4.65. The Labute approximate surface area is 171 Å². The van der Waals surface area contributed by atoms with Crippen LogP contribution in [0.15, 0.2) is 48.5 Å². The Morgan fingerprint density at radius 3 is 2.29 bits per heavy atom. The lowest BCUT2D eigenvalue weighted by atomic mass is 10.2. The topological polar surface area (TPSA) is 56.8 Å². The number of carbonyl (C=O) groups excluding carboxylic acids is 1. The summed E-state index contributed by atoms with van der Waals surface area (Å²) in [4.78, 5) is 17.0. The molecule has 0 aromatic heterocycles. The van der Waals surface area contributed by atoms with Crippen molar-refractivity contribution in [2.24, 2.45) is 0 Å². The van der Waals surface area contributed by atoms with Crippen molar-refractivity contribution in [3.63, 3.8) is 0 Å². The van der Waals surface area contributed by atoms with Crippen LogP contribution in [0.25, 0.3) is 0 Å². The number of piperazine rings is 1. The minimum atomic E-state index is -0.255. The van der Waals surface area contributed by atoms with E-state index in [9.17, 15) is 4.79 Å². The second-order valence-corrected chi connectivity index (χ2v) is 7.11. The summed E-state index contributed by atoms with van der Waals surface area (Å²) < 4.78 is 5.38. The molecule has 1 amide bonds. The number of anilines is 2. The van der Waals surface area contributed by atoms with Crippen LogP contribution in [0.1, 0.15) is 17.3 Å². The van der Waals surface area contributed by atoms with Gasteiger partial charge in [0.2, 0.25) is 0 Å². The molecule has 2 aromatic carbocycles. The molecule has 0 radical (unpaired) electrons. The molecule has 0 bridgehead atoms. The van der Waals surface area contributed by atoms with Crippen molar-refractivity contribution in [2.75, 3.05) is 50.1 Å². The molecule has 0 saturated carbocycles. The zero-order valence-corrected chi connectivity index (χ0v) is 17.1. The lowest BCUT2D eigenvalue weighted by Gasteiger charge is -2.34. The van der Waals surface area contributed by atoms with E-state index in [1.807, 2.05) is 19.1 Å². The molecule has 28 heavy (non-hydrogen) atoms. The molecule has 1 heterocycles. The summed E-state index contributed by atoms with van der Waals surface area (Å²) in [5.41, 5.74) is 2.57. The van der Waals surface area contributed by atoms with Gasteiger partial charge in [-0.15, -0.1) is 0 Å². The molecule has 7 heteroatoms. The molecule has 6 nitrogen and oxygen atoms in total. The van der Waals surface area contributed by atoms with Crippen molar-refractivity contribution in [3.05, 3.63) is 54.1 Å². The Morgan fingerprint density at radius 1 is 1.04 bits per heavy atom. The van der Waals surface area contributed by atoms with E-state index in [1.165, 1.54) is 5.69 Å². The van der Waals surface area contributed by atoms with Crippen molar-refractivity contribution < 1.29 is 9.53 Å². The van der Waals surface area contributed by atoms with Crippen LogP contribution >= 0.6 is 12.2 Å². The van der Waals surface area contributed by atoms with Crippen LogP contribution in [-0.2, 0) is 0 Å². The molecule has 0 aliphatic carbocycles. The fraction of sp³-hybridized carbons (Fsp3) is 0.333. The van der Waals surface area contributed by atoms with E-state index < -0.39 is 0 Å². The maximum Gasteiger partial charge on any atom is 0.257 e. The number of nitrogens with one attached hydrogen (secondary N) is 2. The molecule has 1 aliphatic rings. The number of thiocarbonyl (C=S) groups is 1. The average molecular weight is 399 g/mol. The van der Waals surface area contributed by atoms with Gasteiger partial charge < -0.3 is 19.9 Å². The first kappa shape index (κ1) is 20.1. The molecular formula is C21H26N4O2S. The normalized spacial score (nSPS) is 14.4. The van der Waals surface area contributed by atoms with Crippen molar-refractivity contribution in [1.29, 1.82) is 0 Å². The van der Waals surface area contributed by atoms with Gasteiger partial charge in [0.1, 0.15) is 5.75 Å². The summed E-state index contributed by atoms with van der Waals surface area (Å²) in [5.74, 6) is 0.481. The Bertz CT molecular complexity index is 800. The second-order valence-electron chi connectivity index (χ2n) is 6.70. The summed E-state index contributed by atoms with van der Waals surface area (Å²) in [6.07, 6.45) is 0. The molecule has 1 aliphatic heterocycles. The van der Waals surface area contributed by atoms with Gasteiger partial charge >= 0.3 is 0 Å². The predicted molar refractivity (Wildman–Crippen MR) is 117 cm³/mol. The molecule has 2 aromatic rings. The first-order chi connectivity index (χ1) is 13.5. The molecule has 0 spiro atoms. The van der Waals surface area contributed by atoms with Crippen molar-refractivity contribution in [2.45, 2.75) is 6.92 Å². The molecule has 2 N–H and O–H groups in total. The van der Waals surface area contributed by atoms with Crippen LogP contribution in [0.3, 0.4) is 0 Å². The average Bonchev–Trinajstić information content (AvgIpc) is 2.70. The largest absolute Gasteiger partial charge is 0.494 e. The molecule has 148 valence electrons. The SMILES string of the molecule is CCOc1ccc(C(=O)NC(=S)Nc2ccc(N3CCN(C)CC3)cc2)cc1. The number of rotatable bonds is 5. The summed E-state index contributed by atoms with van der Waals surface area (Å²) >= 11 is 5.27. The van der Waals surface area contributed by atoms with Crippen LogP contribution in [0.2, 0.25) is 0 Å². The smallest absolute Gasteiger partial charge is 0.257 e. The Kier molecular flexibility index (Phi) is 6.84. The lowest BCUT2D eigenvalue weighted by molar-refractivity contribution is 0.0977. The highest BCUT2D eigenvalue weighted by molar-refractivity contribution is 7.80. The fourth-order valence-electron chi connectivity index (χ4n) is 3.03. The third-order valence-corrected chi connectivity index (χ3v) is 4.85. The van der Waals surface area contributed by atoms with Crippen LogP contribution in [0, 0.1) is 0 Å². The Morgan fingerprint density at radius 2 is 1.68 bits per heavy atom. The third kappa shape index (κ3) is 5.43. The minimum Gasteiger partial charge on any atom is -0.494 e. The van der Waals surface area contributed by atoms with Crippen LogP contribution in [0.5, 0.6) is 5.75 Å². The van der Waals surface area contributed by atoms with Gasteiger partial charge in [-0.25, -0.2) is 0 Å². The van der Waals surface area contributed by atoms with E-state index in [0.717, 1.165) is 37.6 Å². The zero-order chi connectivity index (χ0) is 19.9. The van der Waals surface area contributed by atoms with Crippen molar-refractivity contribution in [3.8, 4) is 5.75 Å². The molecule has 1 saturated heterocycles. The van der Waals surface area contributed by atoms with Crippen LogP contribution in [0.4, 0.5) is 11.4 Å². The van der Waals surface area contributed by atoms with Crippen molar-refractivity contribution in [1.82, 2.24) is 10.2 Å². The monoisotopic (exact) mass is 398 g/mol. The first-order valence-corrected chi connectivity index (χ1v) is 9.84. The standard InChI is InChI=1S/C21H26N4O2S/c1-3-27-19-10-4-16(5-11-19)20(26)23-21(28)22-17-6-8-18(9-7-17)25-14-12-24(2)13-15-25/h4-11H,3,12-15H2,1-2H3,(H2,22,23,26,28). The van der Waals surface area contributed by atoms with Gasteiger partial charge in [0.05, 0.1) is 6.61 Å². The summed E-state index contributed by atoms with van der Waals surface area (Å²) in [6, 6.07) is 15.1. The number of hydrogen-bond donors (Lipinski definition) is 2. The quantitative estimate of drug-likeness (QED) is 0.756. The first-order valence-electron chi connectivity index (χ1n) is 9.44. The van der Waals surface area contributed by atoms with E-state index in [1.54, 1.807) is 24.3 Å². The summed E-state index contributed by atoms with van der Waals surface area (Å²) in [7, 11) is 2.15. The maximum absolute atomic E-state index is 12.3. The maximum atomic E-state index is 12.3. The number of hydrogen-bond acceptors (Lipinski definition) is 5. The van der Waals surface area contributed by atoms with Gasteiger partial charge in [-0.2, -0.15) is 0 Å². The van der Waals surface area contributed by atoms with E-state index >= 15 is 0 Å². The van der Waals surface area contributed by atoms with E-state index in [-0.39, 0.29) is 11.0 Å². The molecule has 3 rings (SSSR count). The van der Waals surface area contributed by atoms with E-state index in [2.05, 4.69) is 39.6 Å². The highest BCUT2D eigenvalue weighted by Gasteiger charge is 2.14. The van der Waals surface area contributed by atoms with Gasteiger partial charge in [-0.3, -0.25) is 10.1 Å². The lowest BCUT2D eigenvalue weighted by Crippen LogP contribution is -2.44. The summed E-state index contributed by atoms with van der Waals surface area (Å²) in [6.45, 7) is 6.71. The Hall–Kier alpha value is -2.64. The minimum absolute atomic E-state index is 0.255.